The minimum absolute atomic E-state index is 0.274. The van der Waals surface area contributed by atoms with Gasteiger partial charge in [-0.05, 0) is 29.8 Å². The lowest BCUT2D eigenvalue weighted by atomic mass is 10.1. The molecule has 0 heterocycles. The second kappa shape index (κ2) is 6.62. The van der Waals surface area contributed by atoms with E-state index in [1.165, 1.54) is 19.2 Å². The van der Waals surface area contributed by atoms with Crippen molar-refractivity contribution in [3.05, 3.63) is 65.7 Å². The van der Waals surface area contributed by atoms with E-state index in [1.54, 1.807) is 24.3 Å². The first-order valence-corrected chi connectivity index (χ1v) is 6.47. The summed E-state index contributed by atoms with van der Waals surface area (Å²) >= 11 is 0. The van der Waals surface area contributed by atoms with E-state index in [9.17, 15) is 18.0 Å². The van der Waals surface area contributed by atoms with Gasteiger partial charge in [0.1, 0.15) is 0 Å². The molecule has 0 aliphatic heterocycles. The largest absolute Gasteiger partial charge is 0.416 e. The third kappa shape index (κ3) is 3.85. The second-order valence-corrected chi connectivity index (χ2v) is 4.59. The van der Waals surface area contributed by atoms with Crippen LogP contribution in [0.2, 0.25) is 0 Å². The number of benzene rings is 2. The second-order valence-electron chi connectivity index (χ2n) is 4.59. The summed E-state index contributed by atoms with van der Waals surface area (Å²) in [4.78, 5) is 12.2. The van der Waals surface area contributed by atoms with Crippen LogP contribution in [0.25, 0.3) is 0 Å². The highest BCUT2D eigenvalue weighted by atomic mass is 19.4. The van der Waals surface area contributed by atoms with Gasteiger partial charge in [-0.15, -0.1) is 0 Å². The molecule has 0 radical (unpaired) electrons. The number of carbonyl (C=O) groups excluding carboxylic acids is 1. The number of alkyl halides is 3. The number of halogens is 3. The highest BCUT2D eigenvalue weighted by molar-refractivity contribution is 5.94. The highest BCUT2D eigenvalue weighted by Gasteiger charge is 2.30. The predicted molar refractivity (Wildman–Crippen MR) is 76.3 cm³/mol. The molecular weight excluding hydrogens is 295 g/mol. The van der Waals surface area contributed by atoms with Crippen LogP contribution >= 0.6 is 0 Å². The summed E-state index contributed by atoms with van der Waals surface area (Å²) in [5.74, 6) is -0.451. The van der Waals surface area contributed by atoms with Crippen LogP contribution in [0.15, 0.2) is 54.6 Å². The van der Waals surface area contributed by atoms with Crippen LogP contribution < -0.4 is 5.32 Å². The highest BCUT2D eigenvalue weighted by Crippen LogP contribution is 2.30. The number of ether oxygens (including phenoxy) is 1. The van der Waals surface area contributed by atoms with E-state index in [4.69, 9.17) is 4.74 Å². The zero-order valence-electron chi connectivity index (χ0n) is 11.7. The quantitative estimate of drug-likeness (QED) is 0.926. The van der Waals surface area contributed by atoms with Gasteiger partial charge in [-0.2, -0.15) is 13.2 Å². The summed E-state index contributed by atoms with van der Waals surface area (Å²) in [6.07, 6.45) is -5.23. The van der Waals surface area contributed by atoms with Crippen LogP contribution in [0.4, 0.5) is 18.9 Å². The molecule has 116 valence electrons. The van der Waals surface area contributed by atoms with E-state index >= 15 is 0 Å². The van der Waals surface area contributed by atoms with E-state index in [1.807, 2.05) is 6.07 Å². The lowest BCUT2D eigenvalue weighted by Gasteiger charge is -2.16. The molecule has 0 saturated heterocycles. The van der Waals surface area contributed by atoms with Gasteiger partial charge in [0.2, 0.25) is 0 Å². The molecule has 3 nitrogen and oxygen atoms in total. The van der Waals surface area contributed by atoms with Gasteiger partial charge >= 0.3 is 6.18 Å². The van der Waals surface area contributed by atoms with Crippen LogP contribution in [-0.2, 0) is 15.7 Å². The Morgan fingerprint density at radius 2 is 1.64 bits per heavy atom. The number of hydrogen-bond donors (Lipinski definition) is 1. The molecule has 6 heteroatoms. The lowest BCUT2D eigenvalue weighted by Crippen LogP contribution is -2.22. The van der Waals surface area contributed by atoms with Crippen molar-refractivity contribution in [2.45, 2.75) is 12.3 Å². The molecule has 22 heavy (non-hydrogen) atoms. The summed E-state index contributed by atoms with van der Waals surface area (Å²) in [6.45, 7) is 0. The molecule has 2 aromatic carbocycles. The Morgan fingerprint density at radius 1 is 1.05 bits per heavy atom. The fourth-order valence-electron chi connectivity index (χ4n) is 1.97. The van der Waals surface area contributed by atoms with Gasteiger partial charge in [-0.1, -0.05) is 30.3 Å². The Balaban J connectivity index is 2.11. The molecule has 0 fully saturated rings. The van der Waals surface area contributed by atoms with E-state index in [2.05, 4.69) is 5.32 Å². The smallest absolute Gasteiger partial charge is 0.367 e. The first-order chi connectivity index (χ1) is 10.4. The molecule has 1 amide bonds. The Morgan fingerprint density at radius 3 is 2.14 bits per heavy atom. The van der Waals surface area contributed by atoms with Gasteiger partial charge in [0.05, 0.1) is 5.56 Å². The number of carbonyl (C=O) groups is 1. The molecule has 0 aliphatic rings. The zero-order chi connectivity index (χ0) is 16.2. The van der Waals surface area contributed by atoms with Crippen LogP contribution in [0.5, 0.6) is 0 Å². The van der Waals surface area contributed by atoms with Gasteiger partial charge in [0.25, 0.3) is 5.91 Å². The van der Waals surface area contributed by atoms with Crippen molar-refractivity contribution in [3.63, 3.8) is 0 Å². The summed E-state index contributed by atoms with van der Waals surface area (Å²) < 4.78 is 42.6. The number of hydrogen-bond acceptors (Lipinski definition) is 2. The number of anilines is 1. The van der Waals surface area contributed by atoms with Gasteiger partial charge < -0.3 is 10.1 Å². The number of methoxy groups -OCH3 is 1. The van der Waals surface area contributed by atoms with Crippen molar-refractivity contribution < 1.29 is 22.7 Å². The third-order valence-corrected chi connectivity index (χ3v) is 3.06. The first kappa shape index (κ1) is 16.0. The summed E-state index contributed by atoms with van der Waals surface area (Å²) in [5, 5.41) is 2.54. The predicted octanol–water partition coefficient (Wildman–Crippen LogP) is 4.03. The van der Waals surface area contributed by atoms with Gasteiger partial charge in [-0.25, -0.2) is 0 Å². The van der Waals surface area contributed by atoms with Crippen molar-refractivity contribution in [3.8, 4) is 0 Å². The molecule has 0 unspecified atom stereocenters. The van der Waals surface area contributed by atoms with Gasteiger partial charge in [0.15, 0.2) is 6.10 Å². The SMILES string of the molecule is CO[C@H](C(=O)Nc1ccc(C(F)(F)F)cc1)c1ccccc1. The van der Waals surface area contributed by atoms with Crippen LogP contribution in [0.1, 0.15) is 17.2 Å². The Kier molecular flexibility index (Phi) is 4.82. The molecule has 0 saturated carbocycles. The molecule has 0 aromatic heterocycles. The minimum atomic E-state index is -4.40. The third-order valence-electron chi connectivity index (χ3n) is 3.06. The number of nitrogens with one attached hydrogen (secondary N) is 1. The monoisotopic (exact) mass is 309 g/mol. The van der Waals surface area contributed by atoms with Crippen LogP contribution in [0.3, 0.4) is 0 Å². The molecule has 0 spiro atoms. The molecule has 1 atom stereocenters. The Labute approximate surface area is 125 Å². The average Bonchev–Trinajstić information content (AvgIpc) is 2.48. The van der Waals surface area contributed by atoms with Crippen LogP contribution in [-0.4, -0.2) is 13.0 Å². The summed E-state index contributed by atoms with van der Waals surface area (Å²) in [5.41, 5.74) is 0.169. The van der Waals surface area contributed by atoms with Crippen molar-refractivity contribution in [1.82, 2.24) is 0 Å². The molecule has 0 aliphatic carbocycles. The molecular formula is C16H14F3NO2. The lowest BCUT2D eigenvalue weighted by molar-refractivity contribution is -0.137. The first-order valence-electron chi connectivity index (χ1n) is 6.47. The normalized spacial score (nSPS) is 12.7. The maximum absolute atomic E-state index is 12.5. The minimum Gasteiger partial charge on any atom is -0.367 e. The van der Waals surface area contributed by atoms with Crippen LogP contribution in [0, 0.1) is 0 Å². The number of rotatable bonds is 4. The van der Waals surface area contributed by atoms with Crippen molar-refractivity contribution in [1.29, 1.82) is 0 Å². The van der Waals surface area contributed by atoms with Crippen molar-refractivity contribution in [2.24, 2.45) is 0 Å². The van der Waals surface area contributed by atoms with Crippen molar-refractivity contribution >= 4 is 11.6 Å². The molecule has 0 bridgehead atoms. The standard InChI is InChI=1S/C16H14F3NO2/c1-22-14(11-5-3-2-4-6-11)15(21)20-13-9-7-12(8-10-13)16(17,18)19/h2-10,14H,1H3,(H,20,21)/t14-/m0/s1. The number of amides is 1. The van der Waals surface area contributed by atoms with Gasteiger partial charge in [0, 0.05) is 12.8 Å². The average molecular weight is 309 g/mol. The molecule has 2 aromatic rings. The van der Waals surface area contributed by atoms with E-state index in [-0.39, 0.29) is 5.69 Å². The maximum atomic E-state index is 12.5. The van der Waals surface area contributed by atoms with E-state index < -0.39 is 23.8 Å². The zero-order valence-corrected chi connectivity index (χ0v) is 11.7. The molecule has 1 N–H and O–H groups in total. The summed E-state index contributed by atoms with van der Waals surface area (Å²) in [6, 6.07) is 13.1. The maximum Gasteiger partial charge on any atom is 0.416 e. The Hall–Kier alpha value is -2.34. The fourth-order valence-corrected chi connectivity index (χ4v) is 1.97. The fraction of sp³-hybridized carbons (Fsp3) is 0.188. The van der Waals surface area contributed by atoms with Gasteiger partial charge in [-0.3, -0.25) is 4.79 Å². The van der Waals surface area contributed by atoms with E-state index in [0.717, 1.165) is 12.1 Å². The van der Waals surface area contributed by atoms with Crippen molar-refractivity contribution in [2.75, 3.05) is 12.4 Å². The van der Waals surface area contributed by atoms with E-state index in [0.29, 0.717) is 5.56 Å². The molecule has 2 rings (SSSR count). The Bertz CT molecular complexity index is 624. The topological polar surface area (TPSA) is 38.3 Å². The summed E-state index contributed by atoms with van der Waals surface area (Å²) in [7, 11) is 1.39.